The molecule has 1 nitrogen and oxygen atoms in total. The normalized spacial score (nSPS) is 25.6. The first kappa shape index (κ1) is 23.8. The van der Waals surface area contributed by atoms with Crippen molar-refractivity contribution in [3.63, 3.8) is 0 Å². The second-order valence-electron chi connectivity index (χ2n) is 9.27. The number of benzene rings is 1. The van der Waals surface area contributed by atoms with Crippen molar-refractivity contribution in [2.24, 2.45) is 5.41 Å². The minimum atomic E-state index is -0.334. The molecule has 1 aliphatic carbocycles. The highest BCUT2D eigenvalue weighted by Gasteiger charge is 2.54. The molecule has 1 unspecified atom stereocenters. The molecule has 29 heavy (non-hydrogen) atoms. The molecule has 154 valence electrons. The van der Waals surface area contributed by atoms with Gasteiger partial charge in [0.05, 0.1) is 0 Å². The highest BCUT2D eigenvalue weighted by atomic mass is 16.3. The van der Waals surface area contributed by atoms with Crippen molar-refractivity contribution in [1.82, 2.24) is 0 Å². The maximum atomic E-state index is 10.3. The first-order valence-corrected chi connectivity index (χ1v) is 11.1. The van der Waals surface area contributed by atoms with E-state index in [1.165, 1.54) is 27.8 Å². The Labute approximate surface area is 180 Å². The maximum absolute atomic E-state index is 10.3. The van der Waals surface area contributed by atoms with Crippen molar-refractivity contribution in [2.45, 2.75) is 84.8 Å². The van der Waals surface area contributed by atoms with E-state index in [9.17, 15) is 5.11 Å². The van der Waals surface area contributed by atoms with Crippen molar-refractivity contribution in [2.75, 3.05) is 0 Å². The van der Waals surface area contributed by atoms with Gasteiger partial charge in [-0.25, -0.2) is 0 Å². The van der Waals surface area contributed by atoms with Crippen LogP contribution in [0.3, 0.4) is 0 Å². The highest BCUT2D eigenvalue weighted by Crippen LogP contribution is 2.64. The molecule has 0 amide bonds. The van der Waals surface area contributed by atoms with Gasteiger partial charge in [-0.05, 0) is 79.4 Å². The van der Waals surface area contributed by atoms with Crippen LogP contribution in [0, 0.1) is 19.3 Å². The number of aliphatic hydroxyl groups excluding tert-OH is 1. The van der Waals surface area contributed by atoms with Crippen molar-refractivity contribution >= 4 is 20.1 Å². The average Bonchev–Trinajstić information content (AvgIpc) is 2.66. The second kappa shape index (κ2) is 10.0. The second-order valence-corrected chi connectivity index (χ2v) is 9.27. The summed E-state index contributed by atoms with van der Waals surface area (Å²) in [6.45, 7) is 17.1. The highest BCUT2D eigenvalue weighted by molar-refractivity contribution is 6.42. The van der Waals surface area contributed by atoms with Crippen LogP contribution in [0.5, 0.6) is 0 Å². The number of aryl methyl sites for hydroxylation is 2. The number of hydrogen-bond donors (Lipinski definition) is 1. The molecule has 0 aliphatic heterocycles. The molecule has 1 aliphatic rings. The molecule has 0 heterocycles. The molecule has 1 atom stereocenters. The molecule has 0 saturated heterocycles. The van der Waals surface area contributed by atoms with Gasteiger partial charge in [0.25, 0.3) is 0 Å². The summed E-state index contributed by atoms with van der Waals surface area (Å²) in [7, 11) is 4.37. The van der Waals surface area contributed by atoms with Crippen molar-refractivity contribution in [3.05, 3.63) is 65.3 Å². The van der Waals surface area contributed by atoms with Crippen LogP contribution in [0.1, 0.15) is 63.1 Å². The first-order chi connectivity index (χ1) is 13.7. The Hall–Kier alpha value is -1.47. The Kier molecular flexibility index (Phi) is 8.23. The Bertz CT molecular complexity index is 769. The summed E-state index contributed by atoms with van der Waals surface area (Å²) in [5, 5.41) is 10.4. The van der Waals surface area contributed by atoms with Crippen molar-refractivity contribution in [3.8, 4) is 0 Å². The third-order valence-corrected chi connectivity index (χ3v) is 6.76. The van der Waals surface area contributed by atoms with Crippen molar-refractivity contribution < 1.29 is 5.11 Å². The lowest BCUT2D eigenvalue weighted by Gasteiger charge is -2.58. The lowest BCUT2D eigenvalue weighted by atomic mass is 9.31. The summed E-state index contributed by atoms with van der Waals surface area (Å²) in [4.78, 5) is 0. The Morgan fingerprint density at radius 3 is 2.52 bits per heavy atom. The van der Waals surface area contributed by atoms with Crippen LogP contribution in [0.25, 0.3) is 5.57 Å². The zero-order valence-electron chi connectivity index (χ0n) is 19.4. The Morgan fingerprint density at radius 2 is 1.97 bits per heavy atom. The molecule has 0 bridgehead atoms. The lowest BCUT2D eigenvalue weighted by molar-refractivity contribution is 0.00565. The fourth-order valence-electron chi connectivity index (χ4n) is 4.67. The molecule has 2 radical (unpaired) electrons. The predicted molar refractivity (Wildman–Crippen MR) is 131 cm³/mol. The third kappa shape index (κ3) is 5.57. The monoisotopic (exact) mass is 388 g/mol. The quantitative estimate of drug-likeness (QED) is 0.203. The van der Waals surface area contributed by atoms with Crippen LogP contribution in [0.4, 0.5) is 0 Å². The first-order valence-electron chi connectivity index (χ1n) is 11.1. The van der Waals surface area contributed by atoms with Crippen LogP contribution in [0.2, 0.25) is 18.5 Å². The summed E-state index contributed by atoms with van der Waals surface area (Å²) in [6.07, 6.45) is 11.9. The summed E-state index contributed by atoms with van der Waals surface area (Å²) < 4.78 is 0. The van der Waals surface area contributed by atoms with E-state index in [-0.39, 0.29) is 16.7 Å². The maximum Gasteiger partial charge on any atom is 0.146 e. The number of aliphatic hydroxyl groups is 1. The summed E-state index contributed by atoms with van der Waals surface area (Å²) in [5.74, 6) is 0. The number of rotatable bonds is 10. The summed E-state index contributed by atoms with van der Waals surface area (Å²) in [6, 6.07) is 6.40. The van der Waals surface area contributed by atoms with Gasteiger partial charge in [0, 0.05) is 6.00 Å². The van der Waals surface area contributed by atoms with Crippen LogP contribution in [0.15, 0.2) is 48.6 Å². The summed E-state index contributed by atoms with van der Waals surface area (Å²) in [5.41, 5.74) is 6.49. The SMILES string of the molecule is C=C(C)C1([B]CC/C=C(\C=C\CC)c2ccc(C)c(C)c2)CC(C)(C(O)[B]C)C1. The Morgan fingerprint density at radius 1 is 1.28 bits per heavy atom. The van der Waals surface area contributed by atoms with Crippen LogP contribution >= 0.6 is 0 Å². The molecule has 1 saturated carbocycles. The smallest absolute Gasteiger partial charge is 0.146 e. The van der Waals surface area contributed by atoms with E-state index in [1.54, 1.807) is 0 Å². The van der Waals surface area contributed by atoms with Crippen LogP contribution < -0.4 is 0 Å². The zero-order chi connectivity index (χ0) is 21.7. The number of allylic oxidation sites excluding steroid dienone is 5. The molecule has 0 spiro atoms. The minimum Gasteiger partial charge on any atom is -0.402 e. The van der Waals surface area contributed by atoms with E-state index >= 15 is 0 Å². The Balaban J connectivity index is 2.05. The molecule has 1 aromatic carbocycles. The van der Waals surface area contributed by atoms with Gasteiger partial charge >= 0.3 is 0 Å². The molecule has 1 fully saturated rings. The third-order valence-electron chi connectivity index (χ3n) is 6.76. The predicted octanol–water partition coefficient (Wildman–Crippen LogP) is 6.77. The van der Waals surface area contributed by atoms with Crippen molar-refractivity contribution in [1.29, 1.82) is 0 Å². The average molecular weight is 388 g/mol. The van der Waals surface area contributed by atoms with Gasteiger partial charge in [0.2, 0.25) is 0 Å². The number of hydrogen-bond acceptors (Lipinski definition) is 1. The van der Waals surface area contributed by atoms with E-state index in [0.29, 0.717) is 0 Å². The fourth-order valence-corrected chi connectivity index (χ4v) is 4.67. The van der Waals surface area contributed by atoms with E-state index in [0.717, 1.165) is 32.0 Å². The van der Waals surface area contributed by atoms with Gasteiger partial charge in [-0.1, -0.05) is 69.0 Å². The largest absolute Gasteiger partial charge is 0.402 e. The zero-order valence-corrected chi connectivity index (χ0v) is 19.4. The fraction of sp³-hybridized carbons (Fsp3) is 0.538. The van der Waals surface area contributed by atoms with Gasteiger partial charge in [-0.2, -0.15) is 0 Å². The summed E-state index contributed by atoms with van der Waals surface area (Å²) >= 11 is 0. The van der Waals surface area contributed by atoms with E-state index in [4.69, 9.17) is 0 Å². The van der Waals surface area contributed by atoms with E-state index in [1.807, 2.05) is 14.1 Å². The molecule has 3 heteroatoms. The van der Waals surface area contributed by atoms with Gasteiger partial charge in [-0.15, -0.1) is 6.58 Å². The molecule has 1 N–H and O–H groups in total. The lowest BCUT2D eigenvalue weighted by Crippen LogP contribution is -2.51. The standard InChI is InChI=1S/C26H38B2O/c1-8-9-11-22(23-14-13-20(4)21(5)16-23)12-10-15-28-26(19(2)3)17-25(6,18-26)24(29)27-7/h9,11-14,16,24,29H,2,8,10,15,17-18H2,1,3-7H3/b11-9+,22-12+. The van der Waals surface area contributed by atoms with Gasteiger partial charge in [0.1, 0.15) is 14.6 Å². The van der Waals surface area contributed by atoms with Crippen LogP contribution in [-0.2, 0) is 0 Å². The van der Waals surface area contributed by atoms with E-state index in [2.05, 4.69) is 84.9 Å². The molecule has 0 aromatic heterocycles. The van der Waals surface area contributed by atoms with Gasteiger partial charge in [-0.3, -0.25) is 0 Å². The molecule has 1 aromatic rings. The molecule has 2 rings (SSSR count). The van der Waals surface area contributed by atoms with Gasteiger partial charge < -0.3 is 5.11 Å². The van der Waals surface area contributed by atoms with E-state index < -0.39 is 0 Å². The van der Waals surface area contributed by atoms with Gasteiger partial charge in [0.15, 0.2) is 0 Å². The van der Waals surface area contributed by atoms with Crippen LogP contribution in [-0.4, -0.2) is 25.7 Å². The molecular formula is C26H38B2O. The minimum absolute atomic E-state index is 0.0194. The molecular weight excluding hydrogens is 350 g/mol. The topological polar surface area (TPSA) is 20.2 Å².